The molecule has 88 valence electrons. The van der Waals surface area contributed by atoms with E-state index in [9.17, 15) is 0 Å². The van der Waals surface area contributed by atoms with Gasteiger partial charge in [-0.3, -0.25) is 0 Å². The molecule has 1 aromatic carbocycles. The van der Waals surface area contributed by atoms with E-state index in [2.05, 4.69) is 63.7 Å². The second kappa shape index (κ2) is 6.05. The number of hydrogen-bond donors (Lipinski definition) is 0. The van der Waals surface area contributed by atoms with Crippen LogP contribution in [0.1, 0.15) is 31.9 Å². The molecule has 0 spiro atoms. The lowest BCUT2D eigenvalue weighted by molar-refractivity contribution is 1.20. The lowest BCUT2D eigenvalue weighted by Gasteiger charge is -2.23. The molecule has 0 aliphatic rings. The summed E-state index contributed by atoms with van der Waals surface area (Å²) >= 11 is 0. The fourth-order valence-electron chi connectivity index (χ4n) is 2.15. The van der Waals surface area contributed by atoms with Crippen molar-refractivity contribution in [2.45, 2.75) is 45.8 Å². The topological polar surface area (TPSA) is 0 Å². The largest absolute Gasteiger partial charge is 0.0936 e. The Morgan fingerprint density at radius 1 is 1.06 bits per heavy atom. The summed E-state index contributed by atoms with van der Waals surface area (Å²) in [6, 6.07) is 12.8. The molecular formula is C15H24Si. The fourth-order valence-corrected chi connectivity index (χ4v) is 4.90. The van der Waals surface area contributed by atoms with Crippen LogP contribution in [0.2, 0.25) is 18.1 Å². The van der Waals surface area contributed by atoms with Crippen LogP contribution in [0.4, 0.5) is 0 Å². The van der Waals surface area contributed by atoms with Gasteiger partial charge in [-0.25, -0.2) is 0 Å². The quantitative estimate of drug-likeness (QED) is 0.623. The van der Waals surface area contributed by atoms with Crippen LogP contribution in [0.5, 0.6) is 0 Å². The van der Waals surface area contributed by atoms with Crippen molar-refractivity contribution in [2.75, 3.05) is 0 Å². The van der Waals surface area contributed by atoms with Crippen LogP contribution in [0.3, 0.4) is 0 Å². The van der Waals surface area contributed by atoms with Gasteiger partial charge in [0.25, 0.3) is 0 Å². The summed E-state index contributed by atoms with van der Waals surface area (Å²) in [4.78, 5) is 0. The van der Waals surface area contributed by atoms with Crippen molar-refractivity contribution in [1.29, 1.82) is 0 Å². The maximum Gasteiger partial charge on any atom is 0.0770 e. The predicted octanol–water partition coefficient (Wildman–Crippen LogP) is 5.06. The second-order valence-corrected chi connectivity index (χ2v) is 9.85. The van der Waals surface area contributed by atoms with E-state index in [1.807, 2.05) is 0 Å². The summed E-state index contributed by atoms with van der Waals surface area (Å²) in [7, 11) is -1.10. The van der Waals surface area contributed by atoms with E-state index in [-0.39, 0.29) is 0 Å². The van der Waals surface area contributed by atoms with Crippen LogP contribution in [0.25, 0.3) is 6.08 Å². The molecule has 1 heteroatoms. The van der Waals surface area contributed by atoms with Crippen molar-refractivity contribution < 1.29 is 0 Å². The molecule has 0 N–H and O–H groups in total. The van der Waals surface area contributed by atoms with E-state index in [0.717, 1.165) is 0 Å². The average Bonchev–Trinajstić information content (AvgIpc) is 2.32. The van der Waals surface area contributed by atoms with Crippen LogP contribution in [-0.4, -0.2) is 8.07 Å². The number of hydrogen-bond acceptors (Lipinski definition) is 0. The van der Waals surface area contributed by atoms with Gasteiger partial charge in [-0.05, 0) is 12.5 Å². The maximum absolute atomic E-state index is 2.54. The Morgan fingerprint density at radius 2 is 1.69 bits per heavy atom. The SMILES string of the molecule is CC[Si](/C=C/c1cccc(C)c1)(CC)CC. The molecule has 0 saturated carbocycles. The normalized spacial score (nSPS) is 12.2. The van der Waals surface area contributed by atoms with Crippen molar-refractivity contribution in [3.8, 4) is 0 Å². The summed E-state index contributed by atoms with van der Waals surface area (Å²) in [5.41, 5.74) is 5.24. The number of benzene rings is 1. The van der Waals surface area contributed by atoms with Gasteiger partial charge in [0.2, 0.25) is 0 Å². The Labute approximate surface area is 101 Å². The van der Waals surface area contributed by atoms with Crippen LogP contribution in [-0.2, 0) is 0 Å². The molecule has 0 amide bonds. The minimum Gasteiger partial charge on any atom is -0.0936 e. The van der Waals surface area contributed by atoms with Crippen LogP contribution < -0.4 is 0 Å². The van der Waals surface area contributed by atoms with E-state index in [4.69, 9.17) is 0 Å². The number of aryl methyl sites for hydroxylation is 1. The molecule has 1 rings (SSSR count). The van der Waals surface area contributed by atoms with Gasteiger partial charge in [0.05, 0.1) is 8.07 Å². The van der Waals surface area contributed by atoms with Crippen LogP contribution in [0, 0.1) is 6.92 Å². The molecular weight excluding hydrogens is 208 g/mol. The first-order chi connectivity index (χ1) is 7.65. The smallest absolute Gasteiger partial charge is 0.0770 e. The first kappa shape index (κ1) is 13.2. The van der Waals surface area contributed by atoms with E-state index in [1.54, 1.807) is 0 Å². The summed E-state index contributed by atoms with van der Waals surface area (Å²) < 4.78 is 0. The molecule has 0 aliphatic carbocycles. The standard InChI is InChI=1S/C15H24Si/c1-5-16(6-2,7-3)12-11-15-10-8-9-14(4)13-15/h8-13H,5-7H2,1-4H3/b12-11+. The van der Waals surface area contributed by atoms with Crippen molar-refractivity contribution in [3.63, 3.8) is 0 Å². The van der Waals surface area contributed by atoms with E-state index in [1.165, 1.54) is 29.3 Å². The Morgan fingerprint density at radius 3 is 2.19 bits per heavy atom. The lowest BCUT2D eigenvalue weighted by Crippen LogP contribution is -2.28. The van der Waals surface area contributed by atoms with Crippen LogP contribution >= 0.6 is 0 Å². The number of rotatable bonds is 5. The molecule has 0 fully saturated rings. The Kier molecular flexibility index (Phi) is 5.00. The third-order valence-corrected chi connectivity index (χ3v) is 8.88. The van der Waals surface area contributed by atoms with Crippen molar-refractivity contribution >= 4 is 14.1 Å². The molecule has 0 aromatic heterocycles. The molecule has 16 heavy (non-hydrogen) atoms. The summed E-state index contributed by atoms with van der Waals surface area (Å²) in [5, 5.41) is 0. The second-order valence-electron chi connectivity index (χ2n) is 4.67. The zero-order valence-corrected chi connectivity index (χ0v) is 12.1. The van der Waals surface area contributed by atoms with Crippen molar-refractivity contribution in [2.24, 2.45) is 0 Å². The van der Waals surface area contributed by atoms with Gasteiger partial charge in [-0.2, -0.15) is 0 Å². The monoisotopic (exact) mass is 232 g/mol. The van der Waals surface area contributed by atoms with Gasteiger partial charge >= 0.3 is 0 Å². The molecule has 0 nitrogen and oxygen atoms in total. The first-order valence-corrected chi connectivity index (χ1v) is 9.11. The van der Waals surface area contributed by atoms with Crippen molar-refractivity contribution in [3.05, 3.63) is 41.1 Å². The molecule has 0 heterocycles. The molecule has 0 bridgehead atoms. The Balaban J connectivity index is 2.86. The third kappa shape index (κ3) is 3.34. The first-order valence-electron chi connectivity index (χ1n) is 6.41. The minimum absolute atomic E-state index is 1.10. The average molecular weight is 232 g/mol. The molecule has 0 radical (unpaired) electrons. The molecule has 1 aromatic rings. The highest BCUT2D eigenvalue weighted by Crippen LogP contribution is 2.22. The van der Waals surface area contributed by atoms with Crippen molar-refractivity contribution in [1.82, 2.24) is 0 Å². The highest BCUT2D eigenvalue weighted by molar-refractivity contribution is 6.84. The lowest BCUT2D eigenvalue weighted by atomic mass is 10.1. The van der Waals surface area contributed by atoms with Gasteiger partial charge in [0.1, 0.15) is 0 Å². The van der Waals surface area contributed by atoms with E-state index < -0.39 is 8.07 Å². The summed E-state index contributed by atoms with van der Waals surface area (Å²) in [6.07, 6.45) is 2.34. The zero-order chi connectivity index (χ0) is 12.0. The Bertz CT molecular complexity index is 340. The highest BCUT2D eigenvalue weighted by Gasteiger charge is 2.22. The van der Waals surface area contributed by atoms with Gasteiger partial charge in [0.15, 0.2) is 0 Å². The van der Waals surface area contributed by atoms with Gasteiger partial charge in [-0.15, -0.1) is 0 Å². The fraction of sp³-hybridized carbons (Fsp3) is 0.467. The third-order valence-electron chi connectivity index (χ3n) is 3.78. The maximum atomic E-state index is 2.54. The summed E-state index contributed by atoms with van der Waals surface area (Å²) in [5.74, 6) is 0. The highest BCUT2D eigenvalue weighted by atomic mass is 28.3. The van der Waals surface area contributed by atoms with Gasteiger partial charge in [-0.1, -0.05) is 80.5 Å². The summed E-state index contributed by atoms with van der Waals surface area (Å²) in [6.45, 7) is 9.20. The van der Waals surface area contributed by atoms with Gasteiger partial charge in [0, 0.05) is 0 Å². The van der Waals surface area contributed by atoms with E-state index >= 15 is 0 Å². The minimum atomic E-state index is -1.10. The van der Waals surface area contributed by atoms with E-state index in [0.29, 0.717) is 0 Å². The molecule has 0 atom stereocenters. The predicted molar refractivity (Wildman–Crippen MR) is 77.4 cm³/mol. The Hall–Kier alpha value is -0.823. The van der Waals surface area contributed by atoms with Crippen LogP contribution in [0.15, 0.2) is 30.0 Å². The zero-order valence-electron chi connectivity index (χ0n) is 11.1. The molecule has 0 aliphatic heterocycles. The molecule has 0 saturated heterocycles. The molecule has 0 unspecified atom stereocenters. The van der Waals surface area contributed by atoms with Gasteiger partial charge < -0.3 is 0 Å².